The van der Waals surface area contributed by atoms with Gasteiger partial charge in [-0.25, -0.2) is 4.98 Å². The van der Waals surface area contributed by atoms with Crippen LogP contribution in [0.5, 0.6) is 0 Å². The first-order chi connectivity index (χ1) is 7.69. The number of pyridine rings is 1. The molecule has 0 bridgehead atoms. The van der Waals surface area contributed by atoms with E-state index in [1.807, 2.05) is 6.92 Å². The third-order valence-corrected chi connectivity index (χ3v) is 2.49. The molecule has 0 fully saturated rings. The zero-order chi connectivity index (χ0) is 12.0. The van der Waals surface area contributed by atoms with Gasteiger partial charge < -0.3 is 15.4 Å². The van der Waals surface area contributed by atoms with E-state index in [0.717, 1.165) is 0 Å². The van der Waals surface area contributed by atoms with Crippen molar-refractivity contribution in [1.29, 1.82) is 0 Å². The maximum Gasteiger partial charge on any atom is 0.147 e. The summed E-state index contributed by atoms with van der Waals surface area (Å²) >= 11 is 11.9. The first kappa shape index (κ1) is 13.4. The molecule has 0 aliphatic carbocycles. The van der Waals surface area contributed by atoms with E-state index in [0.29, 0.717) is 41.4 Å². The maximum absolute atomic E-state index is 5.99. The predicted molar refractivity (Wildman–Crippen MR) is 68.8 cm³/mol. The smallest absolute Gasteiger partial charge is 0.147 e. The Morgan fingerprint density at radius 3 is 2.62 bits per heavy atom. The zero-order valence-corrected chi connectivity index (χ0v) is 10.8. The molecule has 4 nitrogen and oxygen atoms in total. The average Bonchev–Trinajstić information content (AvgIpc) is 2.27. The van der Waals surface area contributed by atoms with Crippen LogP contribution in [0.2, 0.25) is 10.0 Å². The van der Waals surface area contributed by atoms with Crippen molar-refractivity contribution >= 4 is 34.8 Å². The van der Waals surface area contributed by atoms with Crippen LogP contribution in [0, 0.1) is 0 Å². The number of nitrogens with zero attached hydrogens (tertiary/aromatic N) is 1. The highest BCUT2D eigenvalue weighted by atomic mass is 35.5. The molecule has 2 N–H and O–H groups in total. The van der Waals surface area contributed by atoms with Crippen LogP contribution >= 0.6 is 23.2 Å². The summed E-state index contributed by atoms with van der Waals surface area (Å²) < 4.78 is 5.20. The van der Waals surface area contributed by atoms with E-state index in [9.17, 15) is 0 Å². The lowest BCUT2D eigenvalue weighted by atomic mass is 10.4. The van der Waals surface area contributed by atoms with Gasteiger partial charge in [-0.1, -0.05) is 23.2 Å². The molecule has 0 aliphatic rings. The third kappa shape index (κ3) is 3.70. The minimum atomic E-state index is 0.500. The molecule has 0 saturated carbocycles. The van der Waals surface area contributed by atoms with Crippen LogP contribution in [0.15, 0.2) is 6.07 Å². The first-order valence-electron chi connectivity index (χ1n) is 5.04. The van der Waals surface area contributed by atoms with Gasteiger partial charge in [-0.15, -0.1) is 0 Å². The monoisotopic (exact) mass is 263 g/mol. The molecular formula is C10H15Cl2N3O. The van der Waals surface area contributed by atoms with Gasteiger partial charge in [-0.05, 0) is 13.0 Å². The molecule has 1 heterocycles. The van der Waals surface area contributed by atoms with Crippen molar-refractivity contribution < 1.29 is 4.74 Å². The quantitative estimate of drug-likeness (QED) is 0.775. The molecular weight excluding hydrogens is 249 g/mol. The van der Waals surface area contributed by atoms with Crippen molar-refractivity contribution in [3.8, 4) is 0 Å². The Morgan fingerprint density at radius 1 is 1.31 bits per heavy atom. The Labute approximate surface area is 105 Å². The highest BCUT2D eigenvalue weighted by molar-refractivity contribution is 6.37. The van der Waals surface area contributed by atoms with Crippen molar-refractivity contribution in [2.45, 2.75) is 6.92 Å². The fourth-order valence-electron chi connectivity index (χ4n) is 1.15. The molecule has 1 rings (SSSR count). The van der Waals surface area contributed by atoms with Crippen LogP contribution < -0.4 is 10.6 Å². The Hall–Kier alpha value is -0.710. The summed E-state index contributed by atoms with van der Waals surface area (Å²) in [6.07, 6.45) is 0. The van der Waals surface area contributed by atoms with Gasteiger partial charge in [0.25, 0.3) is 0 Å². The van der Waals surface area contributed by atoms with Gasteiger partial charge >= 0.3 is 0 Å². The molecule has 16 heavy (non-hydrogen) atoms. The molecule has 1 aromatic heterocycles. The Bertz CT molecular complexity index is 347. The minimum absolute atomic E-state index is 0.500. The second-order valence-corrected chi connectivity index (χ2v) is 3.84. The molecule has 0 spiro atoms. The number of halogens is 2. The second kappa shape index (κ2) is 6.78. The number of ether oxygens (including phenoxy) is 1. The van der Waals surface area contributed by atoms with Gasteiger partial charge in [0.1, 0.15) is 11.6 Å². The van der Waals surface area contributed by atoms with Crippen LogP contribution in [-0.2, 0) is 4.74 Å². The molecule has 0 saturated heterocycles. The van der Waals surface area contributed by atoms with Crippen LogP contribution in [0.25, 0.3) is 0 Å². The summed E-state index contributed by atoms with van der Waals surface area (Å²) in [6, 6.07) is 1.66. The standard InChI is InChI=1S/C10H15Cl2N3O/c1-3-16-5-4-14-10-8(12)6-7(11)9(13-2)15-10/h6H,3-5H2,1-2H3,(H2,13,14,15). The molecule has 0 atom stereocenters. The average molecular weight is 264 g/mol. The third-order valence-electron chi connectivity index (χ3n) is 1.91. The highest BCUT2D eigenvalue weighted by Gasteiger charge is 2.07. The molecule has 0 aliphatic heterocycles. The SMILES string of the molecule is CCOCCNc1nc(NC)c(Cl)cc1Cl. The Kier molecular flexibility index (Phi) is 5.66. The summed E-state index contributed by atoms with van der Waals surface area (Å²) in [6.45, 7) is 3.93. The van der Waals surface area contributed by atoms with Crippen molar-refractivity contribution in [2.24, 2.45) is 0 Å². The van der Waals surface area contributed by atoms with E-state index < -0.39 is 0 Å². The molecule has 0 amide bonds. The Morgan fingerprint density at radius 2 is 2.00 bits per heavy atom. The molecule has 0 unspecified atom stereocenters. The lowest BCUT2D eigenvalue weighted by molar-refractivity contribution is 0.158. The molecule has 0 radical (unpaired) electrons. The largest absolute Gasteiger partial charge is 0.380 e. The summed E-state index contributed by atoms with van der Waals surface area (Å²) in [5.74, 6) is 1.21. The topological polar surface area (TPSA) is 46.2 Å². The van der Waals surface area contributed by atoms with Gasteiger partial charge in [-0.2, -0.15) is 0 Å². The molecule has 6 heteroatoms. The van der Waals surface area contributed by atoms with E-state index in [4.69, 9.17) is 27.9 Å². The van der Waals surface area contributed by atoms with Crippen molar-refractivity contribution in [3.63, 3.8) is 0 Å². The number of nitrogens with one attached hydrogen (secondary N) is 2. The fraction of sp³-hybridized carbons (Fsp3) is 0.500. The van der Waals surface area contributed by atoms with Crippen LogP contribution in [0.3, 0.4) is 0 Å². The molecule has 0 aromatic carbocycles. The van der Waals surface area contributed by atoms with Gasteiger partial charge in [0.05, 0.1) is 16.7 Å². The van der Waals surface area contributed by atoms with E-state index >= 15 is 0 Å². The van der Waals surface area contributed by atoms with Crippen LogP contribution in [0.4, 0.5) is 11.6 Å². The van der Waals surface area contributed by atoms with Crippen LogP contribution in [0.1, 0.15) is 6.92 Å². The summed E-state index contributed by atoms with van der Waals surface area (Å²) in [4.78, 5) is 4.25. The van der Waals surface area contributed by atoms with Gasteiger partial charge in [-0.3, -0.25) is 0 Å². The normalized spacial score (nSPS) is 10.2. The van der Waals surface area contributed by atoms with Crippen molar-refractivity contribution in [2.75, 3.05) is 37.4 Å². The lowest BCUT2D eigenvalue weighted by Gasteiger charge is -2.10. The molecule has 1 aromatic rings. The summed E-state index contributed by atoms with van der Waals surface area (Å²) in [5.41, 5.74) is 0. The van der Waals surface area contributed by atoms with Gasteiger partial charge in [0.15, 0.2) is 0 Å². The minimum Gasteiger partial charge on any atom is -0.380 e. The van der Waals surface area contributed by atoms with E-state index in [-0.39, 0.29) is 0 Å². The second-order valence-electron chi connectivity index (χ2n) is 3.02. The fourth-order valence-corrected chi connectivity index (χ4v) is 1.67. The number of hydrogen-bond donors (Lipinski definition) is 2. The number of rotatable bonds is 6. The summed E-state index contributed by atoms with van der Waals surface area (Å²) in [5, 5.41) is 6.98. The van der Waals surface area contributed by atoms with E-state index in [1.165, 1.54) is 0 Å². The van der Waals surface area contributed by atoms with E-state index in [1.54, 1.807) is 13.1 Å². The first-order valence-corrected chi connectivity index (χ1v) is 5.80. The van der Waals surface area contributed by atoms with Crippen LogP contribution in [-0.4, -0.2) is 31.8 Å². The molecule has 90 valence electrons. The highest BCUT2D eigenvalue weighted by Crippen LogP contribution is 2.28. The van der Waals surface area contributed by atoms with Crippen molar-refractivity contribution in [1.82, 2.24) is 4.98 Å². The van der Waals surface area contributed by atoms with E-state index in [2.05, 4.69) is 15.6 Å². The number of anilines is 2. The predicted octanol–water partition coefficient (Wildman–Crippen LogP) is 2.88. The maximum atomic E-state index is 5.99. The van der Waals surface area contributed by atoms with Crippen molar-refractivity contribution in [3.05, 3.63) is 16.1 Å². The number of aromatic nitrogens is 1. The Balaban J connectivity index is 2.64. The lowest BCUT2D eigenvalue weighted by Crippen LogP contribution is -2.11. The number of hydrogen-bond acceptors (Lipinski definition) is 4. The zero-order valence-electron chi connectivity index (χ0n) is 9.31. The van der Waals surface area contributed by atoms with Gasteiger partial charge in [0.2, 0.25) is 0 Å². The summed E-state index contributed by atoms with van der Waals surface area (Å²) in [7, 11) is 1.76. The van der Waals surface area contributed by atoms with Gasteiger partial charge in [0, 0.05) is 20.2 Å².